The van der Waals surface area contributed by atoms with Crippen LogP contribution in [0.3, 0.4) is 0 Å². The molecule has 0 amide bonds. The molecule has 2 rings (SSSR count). The molecule has 0 spiro atoms. The lowest BCUT2D eigenvalue weighted by Crippen LogP contribution is -2.11. The number of hydrogen-bond acceptors (Lipinski definition) is 3. The molecule has 0 saturated heterocycles. The quantitative estimate of drug-likeness (QED) is 0.754. The summed E-state index contributed by atoms with van der Waals surface area (Å²) in [5, 5.41) is 9.17. The standard InChI is InChI=1S/C10H14N2O/c1-8-9(5-11-7-12-8)4-10(6-13)2-3-10/h5,7,13H,2-4,6H2,1H3. The molecule has 1 N–H and O–H groups in total. The summed E-state index contributed by atoms with van der Waals surface area (Å²) in [6, 6.07) is 0. The van der Waals surface area contributed by atoms with Gasteiger partial charge < -0.3 is 5.11 Å². The van der Waals surface area contributed by atoms with Crippen LogP contribution in [0.15, 0.2) is 12.5 Å². The summed E-state index contributed by atoms with van der Waals surface area (Å²) in [5.41, 5.74) is 2.37. The number of hydrogen-bond donors (Lipinski definition) is 1. The first-order valence-electron chi connectivity index (χ1n) is 4.62. The minimum atomic E-state index is 0.162. The van der Waals surface area contributed by atoms with Gasteiger partial charge in [-0.25, -0.2) is 9.97 Å². The molecule has 1 heterocycles. The zero-order valence-corrected chi connectivity index (χ0v) is 7.82. The molecule has 1 aromatic heterocycles. The second-order valence-electron chi connectivity index (χ2n) is 3.97. The molecule has 0 unspecified atom stereocenters. The smallest absolute Gasteiger partial charge is 0.115 e. The van der Waals surface area contributed by atoms with Gasteiger partial charge >= 0.3 is 0 Å². The van der Waals surface area contributed by atoms with Crippen molar-refractivity contribution in [1.29, 1.82) is 0 Å². The SMILES string of the molecule is Cc1ncncc1CC1(CO)CC1. The molecule has 13 heavy (non-hydrogen) atoms. The Morgan fingerprint density at radius 2 is 2.31 bits per heavy atom. The van der Waals surface area contributed by atoms with Gasteiger partial charge in [-0.05, 0) is 37.2 Å². The summed E-state index contributed by atoms with van der Waals surface area (Å²) in [4.78, 5) is 8.13. The molecule has 1 fully saturated rings. The van der Waals surface area contributed by atoms with Crippen LogP contribution in [0.4, 0.5) is 0 Å². The van der Waals surface area contributed by atoms with Crippen LogP contribution in [-0.4, -0.2) is 21.7 Å². The molecule has 1 aromatic rings. The number of aliphatic hydroxyl groups excluding tert-OH is 1. The van der Waals surface area contributed by atoms with E-state index in [2.05, 4.69) is 9.97 Å². The summed E-state index contributed by atoms with van der Waals surface area (Å²) in [6.07, 6.45) is 6.63. The summed E-state index contributed by atoms with van der Waals surface area (Å²) < 4.78 is 0. The number of nitrogens with zero attached hydrogens (tertiary/aromatic N) is 2. The lowest BCUT2D eigenvalue weighted by molar-refractivity contribution is 0.211. The molecule has 0 radical (unpaired) electrons. The Bertz CT molecular complexity index is 308. The second kappa shape index (κ2) is 3.07. The maximum absolute atomic E-state index is 9.17. The molecule has 0 aromatic carbocycles. The third-order valence-electron chi connectivity index (χ3n) is 2.87. The van der Waals surface area contributed by atoms with Crippen molar-refractivity contribution in [2.45, 2.75) is 26.2 Å². The average molecular weight is 178 g/mol. The van der Waals surface area contributed by atoms with Gasteiger partial charge in [0, 0.05) is 18.5 Å². The average Bonchev–Trinajstić information content (AvgIpc) is 2.90. The van der Waals surface area contributed by atoms with Crippen molar-refractivity contribution >= 4 is 0 Å². The largest absolute Gasteiger partial charge is 0.396 e. The van der Waals surface area contributed by atoms with Crippen LogP contribution in [-0.2, 0) is 6.42 Å². The Balaban J connectivity index is 2.14. The Labute approximate surface area is 77.8 Å². The highest BCUT2D eigenvalue weighted by molar-refractivity contribution is 5.18. The van der Waals surface area contributed by atoms with Crippen molar-refractivity contribution in [3.8, 4) is 0 Å². The van der Waals surface area contributed by atoms with E-state index in [0.29, 0.717) is 6.61 Å². The third-order valence-corrected chi connectivity index (χ3v) is 2.87. The fourth-order valence-corrected chi connectivity index (χ4v) is 1.56. The van der Waals surface area contributed by atoms with E-state index in [1.807, 2.05) is 13.1 Å². The molecule has 70 valence electrons. The predicted octanol–water partition coefficient (Wildman–Crippen LogP) is 1.10. The van der Waals surface area contributed by atoms with Crippen molar-refractivity contribution in [3.05, 3.63) is 23.8 Å². The van der Waals surface area contributed by atoms with Gasteiger partial charge in [-0.2, -0.15) is 0 Å². The van der Waals surface area contributed by atoms with Crippen LogP contribution in [0.25, 0.3) is 0 Å². The van der Waals surface area contributed by atoms with Gasteiger partial charge in [-0.15, -0.1) is 0 Å². The number of rotatable bonds is 3. The molecular formula is C10H14N2O. The zero-order valence-electron chi connectivity index (χ0n) is 7.82. The van der Waals surface area contributed by atoms with Gasteiger partial charge in [0.2, 0.25) is 0 Å². The Morgan fingerprint density at radius 3 is 2.85 bits per heavy atom. The van der Waals surface area contributed by atoms with E-state index >= 15 is 0 Å². The maximum Gasteiger partial charge on any atom is 0.115 e. The van der Waals surface area contributed by atoms with E-state index in [4.69, 9.17) is 5.11 Å². The van der Waals surface area contributed by atoms with Gasteiger partial charge in [0.05, 0.1) is 0 Å². The summed E-state index contributed by atoms with van der Waals surface area (Å²) in [5.74, 6) is 0. The molecule has 1 aliphatic rings. The summed E-state index contributed by atoms with van der Waals surface area (Å²) >= 11 is 0. The highest BCUT2D eigenvalue weighted by atomic mass is 16.3. The minimum absolute atomic E-state index is 0.162. The molecule has 0 atom stereocenters. The molecule has 0 bridgehead atoms. The minimum Gasteiger partial charge on any atom is -0.396 e. The third kappa shape index (κ3) is 1.70. The van der Waals surface area contributed by atoms with E-state index in [9.17, 15) is 0 Å². The Hall–Kier alpha value is -0.960. The highest BCUT2D eigenvalue weighted by Crippen LogP contribution is 2.47. The maximum atomic E-state index is 9.17. The first kappa shape index (κ1) is 8.63. The van der Waals surface area contributed by atoms with Crippen LogP contribution >= 0.6 is 0 Å². The highest BCUT2D eigenvalue weighted by Gasteiger charge is 2.42. The Morgan fingerprint density at radius 1 is 1.54 bits per heavy atom. The first-order valence-corrected chi connectivity index (χ1v) is 4.62. The van der Waals surface area contributed by atoms with Gasteiger partial charge in [0.1, 0.15) is 6.33 Å². The second-order valence-corrected chi connectivity index (χ2v) is 3.97. The van der Waals surface area contributed by atoms with E-state index in [1.165, 1.54) is 5.56 Å². The molecule has 1 aliphatic carbocycles. The van der Waals surface area contributed by atoms with Crippen molar-refractivity contribution in [2.24, 2.45) is 5.41 Å². The molecule has 3 heteroatoms. The molecular weight excluding hydrogens is 164 g/mol. The predicted molar refractivity (Wildman–Crippen MR) is 49.2 cm³/mol. The van der Waals surface area contributed by atoms with E-state index in [0.717, 1.165) is 25.0 Å². The van der Waals surface area contributed by atoms with Crippen LogP contribution in [0, 0.1) is 12.3 Å². The summed E-state index contributed by atoms with van der Waals surface area (Å²) in [7, 11) is 0. The number of aryl methyl sites for hydroxylation is 1. The van der Waals surface area contributed by atoms with Crippen molar-refractivity contribution < 1.29 is 5.11 Å². The number of aromatic nitrogens is 2. The van der Waals surface area contributed by atoms with Crippen LogP contribution in [0.2, 0.25) is 0 Å². The normalized spacial score (nSPS) is 18.6. The fourth-order valence-electron chi connectivity index (χ4n) is 1.56. The fraction of sp³-hybridized carbons (Fsp3) is 0.600. The topological polar surface area (TPSA) is 46.0 Å². The van der Waals surface area contributed by atoms with Gasteiger partial charge in [0.25, 0.3) is 0 Å². The van der Waals surface area contributed by atoms with Crippen LogP contribution < -0.4 is 0 Å². The van der Waals surface area contributed by atoms with E-state index in [1.54, 1.807) is 6.33 Å². The van der Waals surface area contributed by atoms with Gasteiger partial charge in [0.15, 0.2) is 0 Å². The van der Waals surface area contributed by atoms with Gasteiger partial charge in [-0.3, -0.25) is 0 Å². The lowest BCUT2D eigenvalue weighted by Gasteiger charge is -2.11. The summed E-state index contributed by atoms with van der Waals surface area (Å²) in [6.45, 7) is 2.28. The number of aliphatic hydroxyl groups is 1. The lowest BCUT2D eigenvalue weighted by atomic mass is 9.98. The molecule has 1 saturated carbocycles. The zero-order chi connectivity index (χ0) is 9.31. The van der Waals surface area contributed by atoms with E-state index < -0.39 is 0 Å². The van der Waals surface area contributed by atoms with Crippen LogP contribution in [0.1, 0.15) is 24.1 Å². The first-order chi connectivity index (χ1) is 6.26. The molecule has 0 aliphatic heterocycles. The monoisotopic (exact) mass is 178 g/mol. The van der Waals surface area contributed by atoms with Crippen molar-refractivity contribution in [1.82, 2.24) is 9.97 Å². The van der Waals surface area contributed by atoms with Gasteiger partial charge in [-0.1, -0.05) is 0 Å². The van der Waals surface area contributed by atoms with Crippen LogP contribution in [0.5, 0.6) is 0 Å². The van der Waals surface area contributed by atoms with Crippen molar-refractivity contribution in [2.75, 3.05) is 6.61 Å². The Kier molecular flexibility index (Phi) is 2.04. The molecule has 3 nitrogen and oxygen atoms in total. The van der Waals surface area contributed by atoms with Crippen molar-refractivity contribution in [3.63, 3.8) is 0 Å². The van der Waals surface area contributed by atoms with E-state index in [-0.39, 0.29) is 5.41 Å².